The lowest BCUT2D eigenvalue weighted by Gasteiger charge is -2.07. The Bertz CT molecular complexity index is 165. The molecule has 0 bridgehead atoms. The lowest BCUT2D eigenvalue weighted by Crippen LogP contribution is -2.36. The third-order valence-electron chi connectivity index (χ3n) is 0.703. The van der Waals surface area contributed by atoms with Crippen molar-refractivity contribution in [2.75, 3.05) is 14.1 Å². The van der Waals surface area contributed by atoms with Crippen LogP contribution in [0.3, 0.4) is 0 Å². The molecule has 0 atom stereocenters. The molecule has 1 N–H and O–H groups in total. The van der Waals surface area contributed by atoms with E-state index in [4.69, 9.17) is 0 Å². The molecule has 0 saturated carbocycles. The number of urea groups is 2. The van der Waals surface area contributed by atoms with Gasteiger partial charge in [-0.1, -0.05) is 0 Å². The molecule has 0 aromatic carbocycles. The summed E-state index contributed by atoms with van der Waals surface area (Å²) < 4.78 is 0. The number of rotatable bonds is 0. The van der Waals surface area contributed by atoms with Gasteiger partial charge in [-0.25, -0.2) is 9.59 Å². The van der Waals surface area contributed by atoms with Crippen LogP contribution in [0.1, 0.15) is 0 Å². The molecule has 0 aliphatic rings. The predicted octanol–water partition coefficient (Wildman–Crippen LogP) is 0.144. The average Bonchev–Trinajstić information content (AvgIpc) is 1.87. The number of carbonyl (C=O) groups is 2. The van der Waals surface area contributed by atoms with Crippen LogP contribution >= 0.6 is 0 Å². The van der Waals surface area contributed by atoms with Gasteiger partial charge in [-0.2, -0.15) is 0 Å². The molecule has 0 rings (SSSR count). The van der Waals surface area contributed by atoms with Gasteiger partial charge in [-0.15, -0.1) is 4.91 Å². The monoisotopic (exact) mass is 145 g/mol. The summed E-state index contributed by atoms with van der Waals surface area (Å²) in [6.45, 7) is 0. The van der Waals surface area contributed by atoms with Gasteiger partial charge >= 0.3 is 12.1 Å². The second kappa shape index (κ2) is 3.54. The number of nitrogens with zero attached hydrogens (tertiary/aromatic N) is 2. The highest BCUT2D eigenvalue weighted by Gasteiger charge is 2.07. The van der Waals surface area contributed by atoms with Gasteiger partial charge in [0.05, 0.1) is 0 Å². The van der Waals surface area contributed by atoms with E-state index < -0.39 is 12.1 Å². The number of nitrogens with one attached hydrogen (secondary N) is 1. The summed E-state index contributed by atoms with van der Waals surface area (Å²) in [6, 6.07) is -1.84. The molecular formula is C4H7N3O3. The van der Waals surface area contributed by atoms with Gasteiger partial charge in [0.25, 0.3) is 0 Å². The summed E-state index contributed by atoms with van der Waals surface area (Å²) in [4.78, 5) is 31.1. The minimum absolute atomic E-state index is 0.662. The molecule has 0 aliphatic heterocycles. The molecule has 4 amide bonds. The van der Waals surface area contributed by atoms with E-state index in [9.17, 15) is 14.5 Å². The molecular weight excluding hydrogens is 138 g/mol. The molecule has 0 fully saturated rings. The minimum atomic E-state index is -1.18. The first-order chi connectivity index (χ1) is 4.57. The van der Waals surface area contributed by atoms with Crippen molar-refractivity contribution < 1.29 is 9.59 Å². The number of amides is 4. The van der Waals surface area contributed by atoms with Gasteiger partial charge < -0.3 is 4.90 Å². The van der Waals surface area contributed by atoms with Crippen LogP contribution in [0.15, 0.2) is 5.18 Å². The Kier molecular flexibility index (Phi) is 3.03. The van der Waals surface area contributed by atoms with E-state index in [1.165, 1.54) is 14.1 Å². The molecule has 6 heteroatoms. The second-order valence-corrected chi connectivity index (χ2v) is 1.72. The van der Waals surface area contributed by atoms with E-state index in [1.54, 1.807) is 5.32 Å². The van der Waals surface area contributed by atoms with Crippen LogP contribution < -0.4 is 5.32 Å². The third kappa shape index (κ3) is 2.75. The lowest BCUT2D eigenvalue weighted by molar-refractivity contribution is 0.213. The van der Waals surface area contributed by atoms with Crippen molar-refractivity contribution in [3.05, 3.63) is 4.91 Å². The van der Waals surface area contributed by atoms with Crippen molar-refractivity contribution in [1.29, 1.82) is 0 Å². The number of carbonyl (C=O) groups excluding carboxylic acids is 2. The number of imide groups is 1. The van der Waals surface area contributed by atoms with Crippen molar-refractivity contribution in [1.82, 2.24) is 10.2 Å². The summed E-state index contributed by atoms with van der Waals surface area (Å²) in [7, 11) is 2.88. The highest BCUT2D eigenvalue weighted by Crippen LogP contribution is 1.78. The maximum absolute atomic E-state index is 10.5. The number of hydrogen-bond acceptors (Lipinski definition) is 3. The van der Waals surface area contributed by atoms with Gasteiger partial charge in [-0.3, -0.25) is 5.32 Å². The Morgan fingerprint density at radius 2 is 1.90 bits per heavy atom. The zero-order valence-corrected chi connectivity index (χ0v) is 5.62. The quantitative estimate of drug-likeness (QED) is 0.492. The van der Waals surface area contributed by atoms with Crippen molar-refractivity contribution >= 4 is 12.1 Å². The molecule has 0 aromatic rings. The van der Waals surface area contributed by atoms with Gasteiger partial charge in [-0.05, 0) is 0 Å². The van der Waals surface area contributed by atoms with E-state index in [-0.39, 0.29) is 0 Å². The second-order valence-electron chi connectivity index (χ2n) is 1.72. The van der Waals surface area contributed by atoms with Gasteiger partial charge in [0, 0.05) is 19.3 Å². The van der Waals surface area contributed by atoms with E-state index in [0.717, 1.165) is 4.90 Å². The fourth-order valence-electron chi connectivity index (χ4n) is 0.226. The van der Waals surface area contributed by atoms with E-state index in [2.05, 4.69) is 0 Å². The topological polar surface area (TPSA) is 78.8 Å². The Balaban J connectivity index is 3.80. The van der Waals surface area contributed by atoms with Crippen LogP contribution in [-0.4, -0.2) is 31.1 Å². The molecule has 0 unspecified atom stereocenters. The van der Waals surface area contributed by atoms with E-state index in [1.807, 2.05) is 5.18 Å². The van der Waals surface area contributed by atoms with E-state index >= 15 is 0 Å². The zero-order chi connectivity index (χ0) is 8.15. The Morgan fingerprint density at radius 1 is 1.40 bits per heavy atom. The Hall–Kier alpha value is -1.46. The van der Waals surface area contributed by atoms with Crippen LogP contribution in [0.25, 0.3) is 0 Å². The molecule has 0 saturated heterocycles. The van der Waals surface area contributed by atoms with Gasteiger partial charge in [0.2, 0.25) is 0 Å². The maximum atomic E-state index is 10.5. The summed E-state index contributed by atoms with van der Waals surface area (Å²) in [5, 5.41) is 3.66. The fraction of sp³-hybridized carbons (Fsp3) is 0.500. The van der Waals surface area contributed by atoms with Crippen LogP contribution in [0.5, 0.6) is 0 Å². The predicted molar refractivity (Wildman–Crippen MR) is 33.4 cm³/mol. The summed E-state index contributed by atoms with van der Waals surface area (Å²) in [5.74, 6) is 0. The molecule has 56 valence electrons. The highest BCUT2D eigenvalue weighted by molar-refractivity contribution is 5.93. The average molecular weight is 145 g/mol. The minimum Gasteiger partial charge on any atom is -0.331 e. The third-order valence-corrected chi connectivity index (χ3v) is 0.703. The van der Waals surface area contributed by atoms with Crippen molar-refractivity contribution in [3.8, 4) is 0 Å². The molecule has 0 aliphatic carbocycles. The van der Waals surface area contributed by atoms with Crippen molar-refractivity contribution in [2.24, 2.45) is 5.18 Å². The van der Waals surface area contributed by atoms with Crippen LogP contribution in [0.2, 0.25) is 0 Å². The van der Waals surface area contributed by atoms with Crippen molar-refractivity contribution in [3.63, 3.8) is 0 Å². The Morgan fingerprint density at radius 3 is 2.20 bits per heavy atom. The highest BCUT2D eigenvalue weighted by atomic mass is 16.3. The number of nitroso groups, excluding NO2 is 1. The fourth-order valence-corrected chi connectivity index (χ4v) is 0.226. The molecule has 6 nitrogen and oxygen atoms in total. The molecule has 0 radical (unpaired) electrons. The summed E-state index contributed by atoms with van der Waals surface area (Å²) >= 11 is 0. The van der Waals surface area contributed by atoms with Gasteiger partial charge in [0.1, 0.15) is 0 Å². The Labute approximate surface area is 57.2 Å². The van der Waals surface area contributed by atoms with Crippen LogP contribution in [-0.2, 0) is 0 Å². The molecule has 0 spiro atoms. The van der Waals surface area contributed by atoms with Crippen LogP contribution in [0.4, 0.5) is 9.59 Å². The van der Waals surface area contributed by atoms with E-state index in [0.29, 0.717) is 0 Å². The number of hydrogen-bond donors (Lipinski definition) is 1. The standard InChI is InChI=1S/C4H7N3O3/c1-7(2)4(9)5-3(8)6-10/h1-2H3,(H,5,8,9). The van der Waals surface area contributed by atoms with Crippen LogP contribution in [0, 0.1) is 4.91 Å². The first kappa shape index (κ1) is 8.54. The largest absolute Gasteiger partial charge is 0.386 e. The lowest BCUT2D eigenvalue weighted by atomic mass is 10.8. The smallest absolute Gasteiger partial charge is 0.331 e. The SMILES string of the molecule is CN(C)C(=O)NC(=O)N=O. The maximum Gasteiger partial charge on any atom is 0.386 e. The molecule has 0 aromatic heterocycles. The zero-order valence-electron chi connectivity index (χ0n) is 5.62. The first-order valence-corrected chi connectivity index (χ1v) is 2.43. The van der Waals surface area contributed by atoms with Crippen molar-refractivity contribution in [2.45, 2.75) is 0 Å². The summed E-state index contributed by atoms with van der Waals surface area (Å²) in [5.41, 5.74) is 0. The summed E-state index contributed by atoms with van der Waals surface area (Å²) in [6.07, 6.45) is 0. The molecule has 10 heavy (non-hydrogen) atoms. The van der Waals surface area contributed by atoms with Gasteiger partial charge in [0.15, 0.2) is 0 Å². The first-order valence-electron chi connectivity index (χ1n) is 2.43. The molecule has 0 heterocycles. The normalized spacial score (nSPS) is 8.20.